The van der Waals surface area contributed by atoms with Crippen molar-refractivity contribution in [2.45, 2.75) is 37.8 Å². The van der Waals surface area contributed by atoms with Gasteiger partial charge in [0.05, 0.1) is 11.8 Å². The van der Waals surface area contributed by atoms with Gasteiger partial charge in [0.1, 0.15) is 6.26 Å². The summed E-state index contributed by atoms with van der Waals surface area (Å²) in [5.74, 6) is -0.0105. The summed E-state index contributed by atoms with van der Waals surface area (Å²) in [6.07, 6.45) is 7.90. The van der Waals surface area contributed by atoms with Crippen LogP contribution < -0.4 is 5.32 Å². The van der Waals surface area contributed by atoms with Crippen molar-refractivity contribution in [3.8, 4) is 0 Å². The normalized spacial score (nSPS) is 22.6. The minimum Gasteiger partial charge on any atom is -0.472 e. The predicted octanol–water partition coefficient (Wildman–Crippen LogP) is 1.64. The molecule has 1 aliphatic heterocycles. The van der Waals surface area contributed by atoms with Crippen LogP contribution in [0.1, 0.15) is 36.0 Å². The Morgan fingerprint density at radius 1 is 1.29 bits per heavy atom. The molecule has 4 heteroatoms. The van der Waals surface area contributed by atoms with Crippen LogP contribution in [0.5, 0.6) is 0 Å². The van der Waals surface area contributed by atoms with Gasteiger partial charge in [0.25, 0.3) is 5.91 Å². The zero-order valence-electron chi connectivity index (χ0n) is 9.89. The molecular formula is C13H18N2O2. The fourth-order valence-electron chi connectivity index (χ4n) is 2.51. The first kappa shape index (κ1) is 10.8. The monoisotopic (exact) mass is 234 g/mol. The summed E-state index contributed by atoms with van der Waals surface area (Å²) in [5.41, 5.74) is 0.620. The van der Waals surface area contributed by atoms with E-state index in [9.17, 15) is 4.79 Å². The third kappa shape index (κ3) is 2.52. The van der Waals surface area contributed by atoms with Gasteiger partial charge in [-0.15, -0.1) is 0 Å². The number of piperidine rings is 1. The van der Waals surface area contributed by atoms with E-state index < -0.39 is 0 Å². The van der Waals surface area contributed by atoms with Crippen molar-refractivity contribution in [3.63, 3.8) is 0 Å². The number of furan rings is 1. The Hall–Kier alpha value is -1.29. The van der Waals surface area contributed by atoms with Gasteiger partial charge in [-0.3, -0.25) is 4.79 Å². The van der Waals surface area contributed by atoms with E-state index in [0.29, 0.717) is 11.6 Å². The van der Waals surface area contributed by atoms with Gasteiger partial charge in [0.2, 0.25) is 0 Å². The van der Waals surface area contributed by atoms with E-state index >= 15 is 0 Å². The molecule has 0 bridgehead atoms. The Morgan fingerprint density at radius 3 is 2.65 bits per heavy atom. The van der Waals surface area contributed by atoms with Crippen molar-refractivity contribution in [2.75, 3.05) is 13.1 Å². The van der Waals surface area contributed by atoms with Crippen LogP contribution in [0.3, 0.4) is 0 Å². The average molecular weight is 234 g/mol. The maximum atomic E-state index is 11.8. The first-order valence-electron chi connectivity index (χ1n) is 6.40. The molecule has 0 radical (unpaired) electrons. The highest BCUT2D eigenvalue weighted by atomic mass is 16.3. The van der Waals surface area contributed by atoms with Crippen molar-refractivity contribution in [2.24, 2.45) is 0 Å². The number of nitrogens with zero attached hydrogens (tertiary/aromatic N) is 1. The number of carbonyl (C=O) groups excluding carboxylic acids is 1. The Bertz CT molecular complexity index is 376. The minimum atomic E-state index is -0.0105. The molecule has 1 aliphatic carbocycles. The number of amides is 1. The molecule has 0 atom stereocenters. The van der Waals surface area contributed by atoms with Gasteiger partial charge < -0.3 is 14.6 Å². The molecule has 1 aromatic heterocycles. The lowest BCUT2D eigenvalue weighted by Gasteiger charge is -2.32. The SMILES string of the molecule is O=C(NC1CCN(C2CC2)CC1)c1ccoc1. The van der Waals surface area contributed by atoms with Crippen LogP contribution in [-0.2, 0) is 0 Å². The molecule has 2 fully saturated rings. The standard InChI is InChI=1S/C13H18N2O2/c16-13(10-5-8-17-9-10)14-11-3-6-15(7-4-11)12-1-2-12/h5,8-9,11-12H,1-4,6-7H2,(H,14,16). The maximum absolute atomic E-state index is 11.8. The molecule has 0 spiro atoms. The molecule has 0 aromatic carbocycles. The minimum absolute atomic E-state index is 0.0105. The maximum Gasteiger partial charge on any atom is 0.254 e. The summed E-state index contributed by atoms with van der Waals surface area (Å²) in [6, 6.07) is 2.88. The number of hydrogen-bond acceptors (Lipinski definition) is 3. The van der Waals surface area contributed by atoms with Gasteiger partial charge >= 0.3 is 0 Å². The summed E-state index contributed by atoms with van der Waals surface area (Å²) in [5, 5.41) is 3.08. The van der Waals surface area contributed by atoms with Gasteiger partial charge in [-0.25, -0.2) is 0 Å². The molecule has 2 aliphatic rings. The van der Waals surface area contributed by atoms with Crippen molar-refractivity contribution < 1.29 is 9.21 Å². The first-order chi connectivity index (χ1) is 8.33. The van der Waals surface area contributed by atoms with E-state index in [0.717, 1.165) is 32.0 Å². The highest BCUT2D eigenvalue weighted by Crippen LogP contribution is 2.29. The lowest BCUT2D eigenvalue weighted by atomic mass is 10.0. The fourth-order valence-corrected chi connectivity index (χ4v) is 2.51. The molecular weight excluding hydrogens is 216 g/mol. The van der Waals surface area contributed by atoms with Crippen LogP contribution in [0.4, 0.5) is 0 Å². The molecule has 3 rings (SSSR count). The second-order valence-electron chi connectivity index (χ2n) is 5.03. The first-order valence-corrected chi connectivity index (χ1v) is 6.40. The summed E-state index contributed by atoms with van der Waals surface area (Å²) in [6.45, 7) is 2.25. The molecule has 17 heavy (non-hydrogen) atoms. The van der Waals surface area contributed by atoms with Crippen molar-refractivity contribution in [1.82, 2.24) is 10.2 Å². The third-order valence-electron chi connectivity index (χ3n) is 3.71. The van der Waals surface area contributed by atoms with Crippen molar-refractivity contribution in [3.05, 3.63) is 24.2 Å². The van der Waals surface area contributed by atoms with Crippen LogP contribution >= 0.6 is 0 Å². The van der Waals surface area contributed by atoms with Crippen LogP contribution in [0.2, 0.25) is 0 Å². The second-order valence-corrected chi connectivity index (χ2v) is 5.03. The van der Waals surface area contributed by atoms with Crippen molar-refractivity contribution in [1.29, 1.82) is 0 Å². The number of rotatable bonds is 3. The highest BCUT2D eigenvalue weighted by Gasteiger charge is 2.32. The third-order valence-corrected chi connectivity index (χ3v) is 3.71. The van der Waals surface area contributed by atoms with Crippen LogP contribution in [-0.4, -0.2) is 36.0 Å². The molecule has 2 heterocycles. The van der Waals surface area contributed by atoms with E-state index in [1.165, 1.54) is 25.4 Å². The highest BCUT2D eigenvalue weighted by molar-refractivity contribution is 5.93. The van der Waals surface area contributed by atoms with Crippen LogP contribution in [0.25, 0.3) is 0 Å². The molecule has 4 nitrogen and oxygen atoms in total. The number of hydrogen-bond donors (Lipinski definition) is 1. The molecule has 0 unspecified atom stereocenters. The Kier molecular flexibility index (Phi) is 2.89. The van der Waals surface area contributed by atoms with Crippen LogP contribution in [0, 0.1) is 0 Å². The largest absolute Gasteiger partial charge is 0.472 e. The quantitative estimate of drug-likeness (QED) is 0.864. The van der Waals surface area contributed by atoms with Gasteiger partial charge in [0, 0.05) is 25.2 Å². The van der Waals surface area contributed by atoms with Gasteiger partial charge in [-0.1, -0.05) is 0 Å². The Morgan fingerprint density at radius 2 is 2.06 bits per heavy atom. The fraction of sp³-hybridized carbons (Fsp3) is 0.615. The number of carbonyl (C=O) groups is 1. The molecule has 1 saturated carbocycles. The Balaban J connectivity index is 1.48. The number of nitrogens with one attached hydrogen (secondary N) is 1. The average Bonchev–Trinajstić information content (AvgIpc) is 3.05. The van der Waals surface area contributed by atoms with Gasteiger partial charge in [-0.2, -0.15) is 0 Å². The molecule has 1 saturated heterocycles. The molecule has 1 aromatic rings. The van der Waals surface area contributed by atoms with Gasteiger partial charge in [-0.05, 0) is 31.7 Å². The van der Waals surface area contributed by atoms with Gasteiger partial charge in [0.15, 0.2) is 0 Å². The smallest absolute Gasteiger partial charge is 0.254 e. The van der Waals surface area contributed by atoms with Crippen molar-refractivity contribution >= 4 is 5.91 Å². The zero-order chi connectivity index (χ0) is 11.7. The molecule has 1 N–H and O–H groups in total. The number of likely N-dealkylation sites (tertiary alicyclic amines) is 1. The Labute approximate surface area is 101 Å². The lowest BCUT2D eigenvalue weighted by molar-refractivity contribution is 0.0908. The second kappa shape index (κ2) is 4.53. The lowest BCUT2D eigenvalue weighted by Crippen LogP contribution is -2.45. The van der Waals surface area contributed by atoms with Crippen LogP contribution in [0.15, 0.2) is 23.0 Å². The topological polar surface area (TPSA) is 45.5 Å². The molecule has 1 amide bonds. The van der Waals surface area contributed by atoms with E-state index in [2.05, 4.69) is 10.2 Å². The van der Waals surface area contributed by atoms with E-state index in [1.54, 1.807) is 6.07 Å². The van der Waals surface area contributed by atoms with E-state index in [-0.39, 0.29) is 5.91 Å². The summed E-state index contributed by atoms with van der Waals surface area (Å²) in [7, 11) is 0. The zero-order valence-corrected chi connectivity index (χ0v) is 9.89. The summed E-state index contributed by atoms with van der Waals surface area (Å²) < 4.78 is 4.91. The predicted molar refractivity (Wildman–Crippen MR) is 63.8 cm³/mol. The van der Waals surface area contributed by atoms with E-state index in [1.807, 2.05) is 0 Å². The summed E-state index contributed by atoms with van der Waals surface area (Å²) in [4.78, 5) is 14.4. The molecule has 92 valence electrons. The summed E-state index contributed by atoms with van der Waals surface area (Å²) >= 11 is 0. The van der Waals surface area contributed by atoms with E-state index in [4.69, 9.17) is 4.42 Å².